The maximum atomic E-state index is 3.31. The van der Waals surface area contributed by atoms with Gasteiger partial charge in [-0.05, 0) is 44.5 Å². The smallest absolute Gasteiger partial charge is 0.0237 e. The van der Waals surface area contributed by atoms with Crippen molar-refractivity contribution in [2.24, 2.45) is 0 Å². The molecule has 88 valence electrons. The van der Waals surface area contributed by atoms with Crippen LogP contribution in [0.2, 0.25) is 0 Å². The maximum absolute atomic E-state index is 3.31. The van der Waals surface area contributed by atoms with E-state index in [1.165, 1.54) is 24.9 Å². The summed E-state index contributed by atoms with van der Waals surface area (Å²) in [6, 6.07) is 9.44. The predicted octanol–water partition coefficient (Wildman–Crippen LogP) is 2.04. The number of fused-ring (bicyclic) bond motifs is 1. The van der Waals surface area contributed by atoms with Crippen LogP contribution in [0, 0.1) is 0 Å². The Bertz CT molecular complexity index is 335. The predicted molar refractivity (Wildman–Crippen MR) is 68.6 cm³/mol. The lowest BCUT2D eigenvalue weighted by molar-refractivity contribution is 0.246. The molecule has 0 spiro atoms. The summed E-state index contributed by atoms with van der Waals surface area (Å²) in [5.41, 5.74) is 3.06. The average molecular weight is 218 g/mol. The van der Waals surface area contributed by atoms with Gasteiger partial charge >= 0.3 is 0 Å². The molecule has 1 aromatic rings. The van der Waals surface area contributed by atoms with Gasteiger partial charge in [0.2, 0.25) is 0 Å². The van der Waals surface area contributed by atoms with Crippen molar-refractivity contribution < 1.29 is 0 Å². The van der Waals surface area contributed by atoms with Crippen molar-refractivity contribution in [2.45, 2.75) is 32.4 Å². The van der Waals surface area contributed by atoms with Gasteiger partial charge in [-0.15, -0.1) is 0 Å². The van der Waals surface area contributed by atoms with Crippen molar-refractivity contribution in [1.82, 2.24) is 10.2 Å². The van der Waals surface area contributed by atoms with Crippen LogP contribution in [-0.2, 0) is 13.0 Å². The molecule has 0 amide bonds. The van der Waals surface area contributed by atoms with Crippen LogP contribution in [0.25, 0.3) is 0 Å². The third kappa shape index (κ3) is 2.83. The first-order valence-electron chi connectivity index (χ1n) is 6.26. The number of aryl methyl sites for hydroxylation is 1. The first-order valence-corrected chi connectivity index (χ1v) is 6.26. The van der Waals surface area contributed by atoms with E-state index in [4.69, 9.17) is 0 Å². The molecule has 0 fully saturated rings. The molecule has 1 aliphatic heterocycles. The lowest BCUT2D eigenvalue weighted by atomic mass is 10.0. The lowest BCUT2D eigenvalue weighted by Crippen LogP contribution is -2.37. The highest BCUT2D eigenvalue weighted by atomic mass is 15.1. The van der Waals surface area contributed by atoms with E-state index in [-0.39, 0.29) is 0 Å². The summed E-state index contributed by atoms with van der Waals surface area (Å²) in [4.78, 5) is 2.56. The highest BCUT2D eigenvalue weighted by molar-refractivity contribution is 5.28. The Balaban J connectivity index is 2.05. The van der Waals surface area contributed by atoms with E-state index in [9.17, 15) is 0 Å². The first-order chi connectivity index (χ1) is 7.79. The van der Waals surface area contributed by atoms with E-state index in [1.54, 1.807) is 5.56 Å². The number of benzene rings is 1. The van der Waals surface area contributed by atoms with Gasteiger partial charge < -0.3 is 5.32 Å². The summed E-state index contributed by atoms with van der Waals surface area (Å²) in [5, 5.41) is 3.31. The number of nitrogens with zero attached hydrogens (tertiary/aromatic N) is 1. The molecule has 0 saturated carbocycles. The second-order valence-electron chi connectivity index (χ2n) is 4.80. The number of hydrogen-bond donors (Lipinski definition) is 1. The molecule has 0 aromatic heterocycles. The zero-order chi connectivity index (χ0) is 11.4. The number of nitrogens with one attached hydrogen (secondary N) is 1. The molecule has 16 heavy (non-hydrogen) atoms. The van der Waals surface area contributed by atoms with Crippen LogP contribution in [0.1, 0.15) is 24.5 Å². The molecule has 0 aliphatic carbocycles. The van der Waals surface area contributed by atoms with Crippen molar-refractivity contribution in [3.8, 4) is 0 Å². The van der Waals surface area contributed by atoms with Crippen molar-refractivity contribution in [2.75, 3.05) is 20.1 Å². The van der Waals surface area contributed by atoms with E-state index in [1.807, 2.05) is 7.05 Å². The molecule has 1 aliphatic rings. The topological polar surface area (TPSA) is 15.3 Å². The highest BCUT2D eigenvalue weighted by Crippen LogP contribution is 2.18. The molecule has 1 aromatic carbocycles. The Hall–Kier alpha value is -0.860. The van der Waals surface area contributed by atoms with Crippen molar-refractivity contribution in [1.29, 1.82) is 0 Å². The SMILES string of the molecule is CNC(C)CN1CCCc2ccccc2C1. The lowest BCUT2D eigenvalue weighted by Gasteiger charge is -2.24. The molecule has 0 saturated heterocycles. The van der Waals surface area contributed by atoms with E-state index < -0.39 is 0 Å². The van der Waals surface area contributed by atoms with Crippen LogP contribution in [0.15, 0.2) is 24.3 Å². The third-order valence-corrected chi connectivity index (χ3v) is 3.46. The molecule has 2 heteroatoms. The molecule has 1 unspecified atom stereocenters. The fraction of sp³-hybridized carbons (Fsp3) is 0.571. The van der Waals surface area contributed by atoms with E-state index >= 15 is 0 Å². The van der Waals surface area contributed by atoms with Gasteiger partial charge in [0.1, 0.15) is 0 Å². The van der Waals surface area contributed by atoms with Crippen LogP contribution in [0.4, 0.5) is 0 Å². The molecule has 1 N–H and O–H groups in total. The molecule has 1 atom stereocenters. The van der Waals surface area contributed by atoms with Gasteiger partial charge in [-0.1, -0.05) is 24.3 Å². The second-order valence-corrected chi connectivity index (χ2v) is 4.80. The van der Waals surface area contributed by atoms with Crippen molar-refractivity contribution in [3.63, 3.8) is 0 Å². The molecular formula is C14H22N2. The largest absolute Gasteiger partial charge is 0.316 e. The second kappa shape index (κ2) is 5.46. The van der Waals surface area contributed by atoms with Gasteiger partial charge in [-0.2, -0.15) is 0 Å². The molecule has 2 nitrogen and oxygen atoms in total. The van der Waals surface area contributed by atoms with Crippen molar-refractivity contribution >= 4 is 0 Å². The minimum absolute atomic E-state index is 0.574. The van der Waals surface area contributed by atoms with E-state index in [0.717, 1.165) is 13.1 Å². The Morgan fingerprint density at radius 1 is 1.31 bits per heavy atom. The van der Waals surface area contributed by atoms with Crippen LogP contribution < -0.4 is 5.32 Å². The first kappa shape index (κ1) is 11.6. The minimum Gasteiger partial charge on any atom is -0.316 e. The van der Waals surface area contributed by atoms with Crippen LogP contribution in [-0.4, -0.2) is 31.1 Å². The van der Waals surface area contributed by atoms with Gasteiger partial charge in [0.25, 0.3) is 0 Å². The Morgan fingerprint density at radius 2 is 2.06 bits per heavy atom. The Morgan fingerprint density at radius 3 is 2.81 bits per heavy atom. The fourth-order valence-corrected chi connectivity index (χ4v) is 2.40. The normalized spacial score (nSPS) is 18.9. The summed E-state index contributed by atoms with van der Waals surface area (Å²) in [7, 11) is 2.04. The molecule has 0 bridgehead atoms. The molecule has 2 rings (SSSR count). The summed E-state index contributed by atoms with van der Waals surface area (Å²) in [6.07, 6.45) is 2.52. The summed E-state index contributed by atoms with van der Waals surface area (Å²) < 4.78 is 0. The number of likely N-dealkylation sites (N-methyl/N-ethyl adjacent to an activating group) is 1. The Kier molecular flexibility index (Phi) is 3.97. The minimum atomic E-state index is 0.574. The quantitative estimate of drug-likeness (QED) is 0.835. The average Bonchev–Trinajstić information content (AvgIpc) is 2.50. The van der Waals surface area contributed by atoms with Gasteiger partial charge in [0.05, 0.1) is 0 Å². The number of hydrogen-bond acceptors (Lipinski definition) is 2. The van der Waals surface area contributed by atoms with Crippen LogP contribution in [0.5, 0.6) is 0 Å². The fourth-order valence-electron chi connectivity index (χ4n) is 2.40. The van der Waals surface area contributed by atoms with E-state index in [2.05, 4.69) is 41.4 Å². The third-order valence-electron chi connectivity index (χ3n) is 3.46. The summed E-state index contributed by atoms with van der Waals surface area (Å²) >= 11 is 0. The van der Waals surface area contributed by atoms with Crippen LogP contribution >= 0.6 is 0 Å². The molecule has 0 radical (unpaired) electrons. The van der Waals surface area contributed by atoms with Crippen molar-refractivity contribution in [3.05, 3.63) is 35.4 Å². The monoisotopic (exact) mass is 218 g/mol. The number of rotatable bonds is 3. The standard InChI is InChI=1S/C14H22N2/c1-12(15-2)10-16-9-5-8-13-6-3-4-7-14(13)11-16/h3-4,6-7,12,15H,5,8-11H2,1-2H3. The summed E-state index contributed by atoms with van der Waals surface area (Å²) in [6.45, 7) is 5.73. The maximum Gasteiger partial charge on any atom is 0.0237 e. The van der Waals surface area contributed by atoms with Gasteiger partial charge in [0, 0.05) is 19.1 Å². The zero-order valence-corrected chi connectivity index (χ0v) is 10.4. The van der Waals surface area contributed by atoms with Gasteiger partial charge in [-0.3, -0.25) is 4.90 Å². The van der Waals surface area contributed by atoms with E-state index in [0.29, 0.717) is 6.04 Å². The molecular weight excluding hydrogens is 196 g/mol. The van der Waals surface area contributed by atoms with Gasteiger partial charge in [-0.25, -0.2) is 0 Å². The summed E-state index contributed by atoms with van der Waals surface area (Å²) in [5.74, 6) is 0. The van der Waals surface area contributed by atoms with Gasteiger partial charge in [0.15, 0.2) is 0 Å². The van der Waals surface area contributed by atoms with Crippen LogP contribution in [0.3, 0.4) is 0 Å². The molecule has 1 heterocycles. The highest BCUT2D eigenvalue weighted by Gasteiger charge is 2.14. The zero-order valence-electron chi connectivity index (χ0n) is 10.4. The Labute approximate surface area is 98.7 Å².